The summed E-state index contributed by atoms with van der Waals surface area (Å²) >= 11 is 0. The quantitative estimate of drug-likeness (QED) is 0.899. The molecule has 4 nitrogen and oxygen atoms in total. The van der Waals surface area contributed by atoms with Crippen LogP contribution >= 0.6 is 0 Å². The highest BCUT2D eigenvalue weighted by atomic mass is 16.3. The van der Waals surface area contributed by atoms with E-state index in [9.17, 15) is 9.90 Å². The number of aryl methyl sites for hydroxylation is 1. The highest BCUT2D eigenvalue weighted by Crippen LogP contribution is 2.26. The Morgan fingerprint density at radius 1 is 1.17 bits per heavy atom. The molecule has 0 bridgehead atoms. The number of benzene rings is 1. The van der Waals surface area contributed by atoms with E-state index in [2.05, 4.69) is 24.0 Å². The molecule has 2 aliphatic rings. The number of piperidine rings is 1. The average Bonchev–Trinajstić information content (AvgIpc) is 2.99. The fourth-order valence-electron chi connectivity index (χ4n) is 4.14. The molecule has 4 heteroatoms. The van der Waals surface area contributed by atoms with E-state index in [4.69, 9.17) is 0 Å². The first-order valence-electron chi connectivity index (χ1n) is 9.32. The first-order valence-corrected chi connectivity index (χ1v) is 9.32. The average molecular weight is 330 g/mol. The lowest BCUT2D eigenvalue weighted by Crippen LogP contribution is -2.37. The number of aliphatic hydroxyl groups excluding tert-OH is 1. The molecule has 2 saturated heterocycles. The molecule has 0 aromatic heterocycles. The number of hydrogen-bond acceptors (Lipinski definition) is 3. The number of nitrogens with zero attached hydrogens (tertiary/aromatic N) is 2. The van der Waals surface area contributed by atoms with E-state index in [-0.39, 0.29) is 18.4 Å². The molecule has 0 saturated carbocycles. The van der Waals surface area contributed by atoms with Crippen molar-refractivity contribution in [1.82, 2.24) is 9.80 Å². The number of carbonyl (C=O) groups excluding carboxylic acids is 1. The van der Waals surface area contributed by atoms with Crippen molar-refractivity contribution in [2.45, 2.75) is 32.6 Å². The van der Waals surface area contributed by atoms with Crippen LogP contribution in [0.2, 0.25) is 0 Å². The minimum absolute atomic E-state index is 0.187. The molecule has 24 heavy (non-hydrogen) atoms. The number of hydrogen-bond donors (Lipinski definition) is 1. The largest absolute Gasteiger partial charge is 0.396 e. The third-order valence-electron chi connectivity index (χ3n) is 5.54. The van der Waals surface area contributed by atoms with Crippen LogP contribution < -0.4 is 0 Å². The van der Waals surface area contributed by atoms with Crippen LogP contribution in [0, 0.1) is 18.8 Å². The molecule has 0 unspecified atom stereocenters. The van der Waals surface area contributed by atoms with E-state index in [0.717, 1.165) is 18.7 Å². The number of aliphatic hydroxyl groups is 1. The van der Waals surface area contributed by atoms with Crippen molar-refractivity contribution in [3.8, 4) is 0 Å². The van der Waals surface area contributed by atoms with Gasteiger partial charge in [0.25, 0.3) is 0 Å². The maximum Gasteiger partial charge on any atom is 0.227 e. The van der Waals surface area contributed by atoms with Gasteiger partial charge in [-0.15, -0.1) is 0 Å². The van der Waals surface area contributed by atoms with Crippen molar-refractivity contribution < 1.29 is 9.90 Å². The Morgan fingerprint density at radius 3 is 2.62 bits per heavy atom. The topological polar surface area (TPSA) is 43.8 Å². The molecule has 0 aliphatic carbocycles. The highest BCUT2D eigenvalue weighted by Gasteiger charge is 2.35. The normalized spacial score (nSPS) is 25.2. The second-order valence-corrected chi connectivity index (χ2v) is 7.53. The van der Waals surface area contributed by atoms with Gasteiger partial charge in [-0.3, -0.25) is 4.79 Å². The standard InChI is InChI=1S/C20H30N2O2/c1-16-6-5-7-17(10-16)11-20(24)22-13-18(19(14-22)15-23)12-21-8-3-2-4-9-21/h5-7,10,18-19,23H,2-4,8-9,11-15H2,1H3/t18-,19-/m1/s1. The van der Waals surface area contributed by atoms with Crippen LogP contribution in [-0.2, 0) is 11.2 Å². The summed E-state index contributed by atoms with van der Waals surface area (Å²) in [6.07, 6.45) is 4.38. The fourth-order valence-corrected chi connectivity index (χ4v) is 4.14. The monoisotopic (exact) mass is 330 g/mol. The Balaban J connectivity index is 1.57. The molecule has 1 aromatic rings. The van der Waals surface area contributed by atoms with Crippen molar-refractivity contribution in [2.24, 2.45) is 11.8 Å². The lowest BCUT2D eigenvalue weighted by Gasteiger charge is -2.30. The Bertz CT molecular complexity index is 554. The first-order chi connectivity index (χ1) is 11.7. The zero-order valence-electron chi connectivity index (χ0n) is 14.8. The van der Waals surface area contributed by atoms with Gasteiger partial charge in [0, 0.05) is 32.2 Å². The maximum absolute atomic E-state index is 12.7. The van der Waals surface area contributed by atoms with Crippen molar-refractivity contribution in [3.63, 3.8) is 0 Å². The van der Waals surface area contributed by atoms with Crippen LogP contribution in [0.15, 0.2) is 24.3 Å². The molecule has 1 aromatic carbocycles. The zero-order valence-corrected chi connectivity index (χ0v) is 14.8. The van der Waals surface area contributed by atoms with E-state index in [1.165, 1.54) is 37.9 Å². The van der Waals surface area contributed by atoms with Gasteiger partial charge in [-0.05, 0) is 44.3 Å². The summed E-state index contributed by atoms with van der Waals surface area (Å²) in [6.45, 7) is 7.12. The number of likely N-dealkylation sites (tertiary alicyclic amines) is 2. The number of carbonyl (C=O) groups is 1. The molecule has 2 fully saturated rings. The lowest BCUT2D eigenvalue weighted by molar-refractivity contribution is -0.129. The SMILES string of the molecule is Cc1cccc(CC(=O)N2C[C@@H](CN3CCCCC3)[C@@H](CO)C2)c1. The van der Waals surface area contributed by atoms with Gasteiger partial charge in [0.05, 0.1) is 6.42 Å². The summed E-state index contributed by atoms with van der Waals surface area (Å²) in [5.41, 5.74) is 2.28. The van der Waals surface area contributed by atoms with E-state index in [1.54, 1.807) is 0 Å². The van der Waals surface area contributed by atoms with Crippen LogP contribution in [0.1, 0.15) is 30.4 Å². The molecule has 0 radical (unpaired) electrons. The van der Waals surface area contributed by atoms with E-state index < -0.39 is 0 Å². The highest BCUT2D eigenvalue weighted by molar-refractivity contribution is 5.79. The van der Waals surface area contributed by atoms with Crippen molar-refractivity contribution >= 4 is 5.91 Å². The molecule has 3 rings (SSSR count). The van der Waals surface area contributed by atoms with Gasteiger partial charge in [-0.1, -0.05) is 36.2 Å². The first kappa shape index (κ1) is 17.4. The summed E-state index contributed by atoms with van der Waals surface area (Å²) in [4.78, 5) is 17.1. The smallest absolute Gasteiger partial charge is 0.227 e. The molecular formula is C20H30N2O2. The second kappa shape index (κ2) is 8.13. The molecular weight excluding hydrogens is 300 g/mol. The third kappa shape index (κ3) is 4.37. The Morgan fingerprint density at radius 2 is 1.92 bits per heavy atom. The maximum atomic E-state index is 12.7. The second-order valence-electron chi connectivity index (χ2n) is 7.53. The van der Waals surface area contributed by atoms with Crippen LogP contribution in [0.4, 0.5) is 0 Å². The summed E-state index contributed by atoms with van der Waals surface area (Å²) in [5.74, 6) is 0.836. The van der Waals surface area contributed by atoms with Crippen molar-refractivity contribution in [1.29, 1.82) is 0 Å². The number of rotatable bonds is 5. The van der Waals surface area contributed by atoms with Crippen molar-refractivity contribution in [2.75, 3.05) is 39.3 Å². The lowest BCUT2D eigenvalue weighted by atomic mass is 9.95. The number of amides is 1. The van der Waals surface area contributed by atoms with Gasteiger partial charge in [0.1, 0.15) is 0 Å². The molecule has 1 N–H and O–H groups in total. The van der Waals surface area contributed by atoms with Crippen LogP contribution in [-0.4, -0.2) is 60.1 Å². The third-order valence-corrected chi connectivity index (χ3v) is 5.54. The zero-order chi connectivity index (χ0) is 16.9. The van der Waals surface area contributed by atoms with Crippen LogP contribution in [0.3, 0.4) is 0 Å². The molecule has 2 heterocycles. The summed E-state index contributed by atoms with van der Waals surface area (Å²) in [6, 6.07) is 8.18. The van der Waals surface area contributed by atoms with Gasteiger partial charge in [-0.25, -0.2) is 0 Å². The molecule has 2 aliphatic heterocycles. The minimum Gasteiger partial charge on any atom is -0.396 e. The Kier molecular flexibility index (Phi) is 5.90. The summed E-state index contributed by atoms with van der Waals surface area (Å²) in [7, 11) is 0. The van der Waals surface area contributed by atoms with Crippen LogP contribution in [0.5, 0.6) is 0 Å². The van der Waals surface area contributed by atoms with E-state index >= 15 is 0 Å². The van der Waals surface area contributed by atoms with Crippen LogP contribution in [0.25, 0.3) is 0 Å². The van der Waals surface area contributed by atoms with Gasteiger partial charge in [0.15, 0.2) is 0 Å². The molecule has 0 spiro atoms. The summed E-state index contributed by atoms with van der Waals surface area (Å²) in [5, 5.41) is 9.74. The molecule has 132 valence electrons. The predicted octanol–water partition coefficient (Wildman–Crippen LogP) is 2.09. The van der Waals surface area contributed by atoms with Crippen molar-refractivity contribution in [3.05, 3.63) is 35.4 Å². The fraction of sp³-hybridized carbons (Fsp3) is 0.650. The van der Waals surface area contributed by atoms with Gasteiger partial charge < -0.3 is 14.9 Å². The van der Waals surface area contributed by atoms with E-state index in [1.807, 2.05) is 17.0 Å². The van der Waals surface area contributed by atoms with Gasteiger partial charge >= 0.3 is 0 Å². The van der Waals surface area contributed by atoms with E-state index in [0.29, 0.717) is 18.9 Å². The Labute approximate surface area is 145 Å². The predicted molar refractivity (Wildman–Crippen MR) is 95.8 cm³/mol. The Hall–Kier alpha value is -1.39. The van der Waals surface area contributed by atoms with Gasteiger partial charge in [0.2, 0.25) is 5.91 Å². The van der Waals surface area contributed by atoms with Gasteiger partial charge in [-0.2, -0.15) is 0 Å². The minimum atomic E-state index is 0.187. The summed E-state index contributed by atoms with van der Waals surface area (Å²) < 4.78 is 0. The molecule has 1 amide bonds. The molecule has 2 atom stereocenters.